The molecule has 0 amide bonds. The number of aryl methyl sites for hydroxylation is 1. The second-order valence-corrected chi connectivity index (χ2v) is 2.36. The summed E-state index contributed by atoms with van der Waals surface area (Å²) in [6.45, 7) is -0.371. The number of carboxylic acid groups (broad SMARTS) is 1. The number of aromatic nitrogens is 3. The normalized spacial score (nSPS) is 9.79. The van der Waals surface area contributed by atoms with E-state index in [2.05, 4.69) is 15.4 Å². The molecule has 0 bridgehead atoms. The van der Waals surface area contributed by atoms with E-state index in [1.807, 2.05) is 0 Å². The van der Waals surface area contributed by atoms with Gasteiger partial charge in [0.2, 0.25) is 0 Å². The monoisotopic (exact) mass is 201 g/mol. The third-order valence-corrected chi connectivity index (χ3v) is 1.31. The molecule has 9 nitrogen and oxygen atoms in total. The number of hydrogen-bond acceptors (Lipinski definition) is 6. The second-order valence-electron chi connectivity index (χ2n) is 2.36. The van der Waals surface area contributed by atoms with E-state index in [0.717, 1.165) is 4.68 Å². The highest BCUT2D eigenvalue weighted by atomic mass is 16.6. The van der Waals surface area contributed by atoms with Crippen molar-refractivity contribution in [1.29, 1.82) is 0 Å². The molecule has 0 spiro atoms. The van der Waals surface area contributed by atoms with Crippen molar-refractivity contribution in [2.45, 2.75) is 0 Å². The molecule has 0 saturated heterocycles. The van der Waals surface area contributed by atoms with Crippen molar-refractivity contribution in [3.05, 3.63) is 10.1 Å². The SMILES string of the molecule is Cn1nc([N+](=O)[O-])nc1NCC(=O)O. The highest BCUT2D eigenvalue weighted by molar-refractivity contribution is 5.71. The van der Waals surface area contributed by atoms with Crippen molar-refractivity contribution in [3.63, 3.8) is 0 Å². The largest absolute Gasteiger partial charge is 0.493 e. The first-order valence-electron chi connectivity index (χ1n) is 3.52. The van der Waals surface area contributed by atoms with Gasteiger partial charge in [0, 0.05) is 12.1 Å². The maximum absolute atomic E-state index is 10.2. The van der Waals surface area contributed by atoms with Crippen LogP contribution in [0.4, 0.5) is 11.9 Å². The fourth-order valence-corrected chi connectivity index (χ4v) is 0.757. The van der Waals surface area contributed by atoms with Crippen LogP contribution < -0.4 is 5.32 Å². The predicted molar refractivity (Wildman–Crippen MR) is 43.8 cm³/mol. The van der Waals surface area contributed by atoms with Crippen LogP contribution in [0.5, 0.6) is 0 Å². The number of nitrogens with zero attached hydrogens (tertiary/aromatic N) is 4. The minimum Gasteiger partial charge on any atom is -0.480 e. The van der Waals surface area contributed by atoms with Crippen LogP contribution in [0, 0.1) is 10.1 Å². The lowest BCUT2D eigenvalue weighted by atomic mass is 10.6. The van der Waals surface area contributed by atoms with Crippen molar-refractivity contribution in [2.75, 3.05) is 11.9 Å². The van der Waals surface area contributed by atoms with E-state index in [4.69, 9.17) is 5.11 Å². The smallest absolute Gasteiger partial charge is 0.480 e. The molecule has 1 aromatic heterocycles. The molecule has 0 saturated carbocycles. The van der Waals surface area contributed by atoms with E-state index >= 15 is 0 Å². The van der Waals surface area contributed by atoms with Crippen LogP contribution in [0.3, 0.4) is 0 Å². The lowest BCUT2D eigenvalue weighted by molar-refractivity contribution is -0.394. The van der Waals surface area contributed by atoms with Crippen LogP contribution in [-0.2, 0) is 11.8 Å². The minimum atomic E-state index is -1.09. The number of aliphatic carboxylic acids is 1. The second kappa shape index (κ2) is 3.68. The maximum Gasteiger partial charge on any atom is 0.493 e. The third kappa shape index (κ3) is 2.15. The van der Waals surface area contributed by atoms with Crippen LogP contribution >= 0.6 is 0 Å². The fourth-order valence-electron chi connectivity index (χ4n) is 0.757. The quantitative estimate of drug-likeness (QED) is 0.483. The van der Waals surface area contributed by atoms with Crippen LogP contribution in [0.1, 0.15) is 0 Å². The van der Waals surface area contributed by atoms with Gasteiger partial charge in [0.25, 0.3) is 0 Å². The van der Waals surface area contributed by atoms with Gasteiger partial charge in [0.15, 0.2) is 0 Å². The van der Waals surface area contributed by atoms with Crippen LogP contribution in [0.2, 0.25) is 0 Å². The summed E-state index contributed by atoms with van der Waals surface area (Å²) in [5, 5.41) is 24.4. The Labute approximate surface area is 77.5 Å². The average molecular weight is 201 g/mol. The van der Waals surface area contributed by atoms with E-state index in [1.165, 1.54) is 7.05 Å². The summed E-state index contributed by atoms with van der Waals surface area (Å²) in [6.07, 6.45) is 0. The molecule has 1 aromatic rings. The summed E-state index contributed by atoms with van der Waals surface area (Å²) in [5.41, 5.74) is 0. The van der Waals surface area contributed by atoms with Gasteiger partial charge in [-0.3, -0.25) is 4.79 Å². The van der Waals surface area contributed by atoms with Crippen molar-refractivity contribution in [3.8, 4) is 0 Å². The summed E-state index contributed by atoms with van der Waals surface area (Å²) in [5.74, 6) is -1.62. The van der Waals surface area contributed by atoms with Gasteiger partial charge in [-0.05, 0) is 9.91 Å². The van der Waals surface area contributed by atoms with E-state index in [1.54, 1.807) is 0 Å². The summed E-state index contributed by atoms with van der Waals surface area (Å²) in [4.78, 5) is 23.1. The molecular weight excluding hydrogens is 194 g/mol. The zero-order chi connectivity index (χ0) is 10.7. The lowest BCUT2D eigenvalue weighted by Crippen LogP contribution is -2.15. The first-order chi connectivity index (χ1) is 6.50. The molecule has 1 heterocycles. The minimum absolute atomic E-state index is 0.0408. The first kappa shape index (κ1) is 9.89. The maximum atomic E-state index is 10.2. The summed E-state index contributed by atoms with van der Waals surface area (Å²) in [6, 6.07) is 0. The molecular formula is C5H7N5O4. The van der Waals surface area contributed by atoms with Gasteiger partial charge in [-0.15, -0.1) is 0 Å². The molecule has 0 atom stereocenters. The topological polar surface area (TPSA) is 123 Å². The number of rotatable bonds is 4. The van der Waals surface area contributed by atoms with Gasteiger partial charge in [-0.1, -0.05) is 0 Å². The van der Waals surface area contributed by atoms with Crippen molar-refractivity contribution < 1.29 is 14.8 Å². The molecule has 76 valence electrons. The van der Waals surface area contributed by atoms with E-state index in [-0.39, 0.29) is 12.5 Å². The Balaban J connectivity index is 2.77. The number of carbonyl (C=O) groups is 1. The molecule has 0 fully saturated rings. The average Bonchev–Trinajstić information content (AvgIpc) is 2.43. The van der Waals surface area contributed by atoms with Crippen molar-refractivity contribution >= 4 is 17.9 Å². The zero-order valence-electron chi connectivity index (χ0n) is 7.17. The molecule has 1 rings (SSSR count). The van der Waals surface area contributed by atoms with Gasteiger partial charge < -0.3 is 20.5 Å². The Bertz CT molecular complexity index is 372. The fraction of sp³-hybridized carbons (Fsp3) is 0.400. The Morgan fingerprint density at radius 1 is 1.79 bits per heavy atom. The summed E-state index contributed by atoms with van der Waals surface area (Å²) in [7, 11) is 1.42. The Morgan fingerprint density at radius 3 is 2.86 bits per heavy atom. The molecule has 9 heteroatoms. The highest BCUT2D eigenvalue weighted by Gasteiger charge is 2.18. The number of carboxylic acids is 1. The molecule has 0 unspecified atom stereocenters. The van der Waals surface area contributed by atoms with Gasteiger partial charge in [-0.25, -0.2) is 0 Å². The van der Waals surface area contributed by atoms with Crippen molar-refractivity contribution in [2.24, 2.45) is 7.05 Å². The van der Waals surface area contributed by atoms with Gasteiger partial charge in [-0.2, -0.15) is 4.68 Å². The van der Waals surface area contributed by atoms with E-state index in [9.17, 15) is 14.9 Å². The van der Waals surface area contributed by atoms with E-state index < -0.39 is 16.8 Å². The number of hydrogen-bond donors (Lipinski definition) is 2. The molecule has 0 aliphatic carbocycles. The Hall–Kier alpha value is -2.19. The zero-order valence-corrected chi connectivity index (χ0v) is 7.17. The Kier molecular flexibility index (Phi) is 2.60. The highest BCUT2D eigenvalue weighted by Crippen LogP contribution is 2.08. The van der Waals surface area contributed by atoms with Gasteiger partial charge in [0.05, 0.1) is 0 Å². The van der Waals surface area contributed by atoms with Gasteiger partial charge >= 0.3 is 17.9 Å². The third-order valence-electron chi connectivity index (χ3n) is 1.31. The molecule has 0 aliphatic rings. The lowest BCUT2D eigenvalue weighted by Gasteiger charge is -1.94. The predicted octanol–water partition coefficient (Wildman–Crippen LogP) is -0.780. The van der Waals surface area contributed by atoms with Gasteiger partial charge in [0.1, 0.15) is 6.54 Å². The van der Waals surface area contributed by atoms with Crippen molar-refractivity contribution in [1.82, 2.24) is 14.8 Å². The standard InChI is InChI=1S/C5H7N5O4/c1-9-4(6-2-3(11)12)7-5(8-9)10(13)14/h2H2,1H3,(H,11,12)(H,6,7,8). The van der Waals surface area contributed by atoms with Crippen LogP contribution in [-0.4, -0.2) is 37.3 Å². The summed E-state index contributed by atoms with van der Waals surface area (Å²) >= 11 is 0. The number of nitrogens with one attached hydrogen (secondary N) is 1. The molecule has 0 aromatic carbocycles. The van der Waals surface area contributed by atoms with E-state index in [0.29, 0.717) is 0 Å². The molecule has 0 aliphatic heterocycles. The molecule has 2 N–H and O–H groups in total. The molecule has 0 radical (unpaired) electrons. The van der Waals surface area contributed by atoms with Crippen LogP contribution in [0.15, 0.2) is 0 Å². The molecule has 14 heavy (non-hydrogen) atoms. The van der Waals surface area contributed by atoms with Crippen LogP contribution in [0.25, 0.3) is 0 Å². The number of nitro groups is 1. The number of anilines is 1. The first-order valence-corrected chi connectivity index (χ1v) is 3.52. The Morgan fingerprint density at radius 2 is 2.43 bits per heavy atom. The summed E-state index contributed by atoms with van der Waals surface area (Å²) < 4.78 is 1.10.